The van der Waals surface area contributed by atoms with Crippen LogP contribution in [-0.2, 0) is 6.54 Å². The molecule has 2 aromatic heterocycles. The van der Waals surface area contributed by atoms with Crippen molar-refractivity contribution in [3.05, 3.63) is 30.9 Å². The fourth-order valence-electron chi connectivity index (χ4n) is 2.85. The van der Waals surface area contributed by atoms with Crippen molar-refractivity contribution in [2.24, 2.45) is 0 Å². The molecular weight excluding hydrogens is 264 g/mol. The summed E-state index contributed by atoms with van der Waals surface area (Å²) in [5, 5.41) is 0. The molecule has 112 valence electrons. The van der Waals surface area contributed by atoms with E-state index in [-0.39, 0.29) is 0 Å². The third-order valence-electron chi connectivity index (χ3n) is 4.21. The van der Waals surface area contributed by atoms with Crippen LogP contribution in [0.3, 0.4) is 0 Å². The maximum absolute atomic E-state index is 5.99. The van der Waals surface area contributed by atoms with Crippen LogP contribution in [-0.4, -0.2) is 64.1 Å². The second kappa shape index (κ2) is 5.83. The van der Waals surface area contributed by atoms with Crippen molar-refractivity contribution in [3.63, 3.8) is 0 Å². The molecule has 3 heterocycles. The van der Waals surface area contributed by atoms with Crippen molar-refractivity contribution in [2.45, 2.75) is 12.6 Å². The molecule has 2 aromatic rings. The first-order valence-corrected chi connectivity index (χ1v) is 7.25. The van der Waals surface area contributed by atoms with E-state index in [4.69, 9.17) is 5.73 Å². The summed E-state index contributed by atoms with van der Waals surface area (Å²) >= 11 is 0. The van der Waals surface area contributed by atoms with E-state index in [2.05, 4.69) is 38.4 Å². The average Bonchev–Trinajstić information content (AvgIpc) is 2.91. The highest BCUT2D eigenvalue weighted by Gasteiger charge is 2.23. The minimum atomic E-state index is 0.481. The largest absolute Gasteiger partial charge is 0.383 e. The van der Waals surface area contributed by atoms with Crippen LogP contribution in [0.1, 0.15) is 0 Å². The predicted molar refractivity (Wildman–Crippen MR) is 83.8 cm³/mol. The van der Waals surface area contributed by atoms with Gasteiger partial charge in [-0.2, -0.15) is 0 Å². The Bertz CT molecular complexity index is 608. The van der Waals surface area contributed by atoms with Crippen molar-refractivity contribution in [1.82, 2.24) is 24.3 Å². The van der Waals surface area contributed by atoms with E-state index < -0.39 is 0 Å². The molecule has 6 nitrogen and oxygen atoms in total. The van der Waals surface area contributed by atoms with Gasteiger partial charge in [-0.05, 0) is 26.2 Å². The lowest BCUT2D eigenvalue weighted by Crippen LogP contribution is -2.51. The van der Waals surface area contributed by atoms with Gasteiger partial charge in [-0.25, -0.2) is 9.97 Å². The number of imidazole rings is 1. The molecule has 0 spiro atoms. The molecule has 0 saturated carbocycles. The molecule has 0 aromatic carbocycles. The summed E-state index contributed by atoms with van der Waals surface area (Å²) in [6, 6.07) is 4.38. The Hall–Kier alpha value is -1.92. The Morgan fingerprint density at radius 2 is 2.19 bits per heavy atom. The standard InChI is InChI=1S/C15H22N6/c1-19-6-7-20(2)12(9-19)10-21-11-17-8-14(21)13-4-3-5-18-15(13)16/h3-5,8,11-12H,6-7,9-10H2,1-2H3,(H2,16,18). The fourth-order valence-corrected chi connectivity index (χ4v) is 2.85. The van der Waals surface area contributed by atoms with Crippen LogP contribution in [0.4, 0.5) is 5.82 Å². The highest BCUT2D eigenvalue weighted by molar-refractivity contribution is 5.70. The summed E-state index contributed by atoms with van der Waals surface area (Å²) in [5.41, 5.74) is 7.97. The highest BCUT2D eigenvalue weighted by Crippen LogP contribution is 2.24. The molecule has 6 heteroatoms. The summed E-state index contributed by atoms with van der Waals surface area (Å²) in [6.07, 6.45) is 5.45. The molecule has 0 bridgehead atoms. The number of hydrogen-bond donors (Lipinski definition) is 1. The first-order valence-electron chi connectivity index (χ1n) is 7.25. The quantitative estimate of drug-likeness (QED) is 0.903. The molecule has 1 aliphatic heterocycles. The molecule has 1 saturated heterocycles. The predicted octanol–water partition coefficient (Wildman–Crippen LogP) is 0.773. The Balaban J connectivity index is 1.84. The van der Waals surface area contributed by atoms with Gasteiger partial charge in [0, 0.05) is 44.0 Å². The zero-order chi connectivity index (χ0) is 14.8. The number of likely N-dealkylation sites (N-methyl/N-ethyl adjacent to an activating group) is 2. The lowest BCUT2D eigenvalue weighted by molar-refractivity contribution is 0.103. The van der Waals surface area contributed by atoms with Crippen molar-refractivity contribution >= 4 is 5.82 Å². The summed E-state index contributed by atoms with van der Waals surface area (Å²) in [6.45, 7) is 4.20. The van der Waals surface area contributed by atoms with Crippen LogP contribution in [0.2, 0.25) is 0 Å². The number of aromatic nitrogens is 3. The minimum absolute atomic E-state index is 0.481. The number of rotatable bonds is 3. The van der Waals surface area contributed by atoms with Crippen LogP contribution in [0.5, 0.6) is 0 Å². The minimum Gasteiger partial charge on any atom is -0.383 e. The zero-order valence-corrected chi connectivity index (χ0v) is 12.6. The molecule has 0 radical (unpaired) electrons. The highest BCUT2D eigenvalue weighted by atomic mass is 15.3. The van der Waals surface area contributed by atoms with Gasteiger partial charge in [0.2, 0.25) is 0 Å². The number of pyridine rings is 1. The summed E-state index contributed by atoms with van der Waals surface area (Å²) in [4.78, 5) is 13.3. The lowest BCUT2D eigenvalue weighted by Gasteiger charge is -2.38. The normalized spacial score (nSPS) is 20.8. The molecule has 1 aliphatic rings. The molecule has 2 N–H and O–H groups in total. The number of hydrogen-bond acceptors (Lipinski definition) is 5. The fraction of sp³-hybridized carbons (Fsp3) is 0.467. The van der Waals surface area contributed by atoms with Crippen molar-refractivity contribution < 1.29 is 0 Å². The molecule has 1 fully saturated rings. The van der Waals surface area contributed by atoms with Crippen LogP contribution < -0.4 is 5.73 Å². The van der Waals surface area contributed by atoms with Crippen LogP contribution in [0.25, 0.3) is 11.3 Å². The molecule has 0 amide bonds. The Labute approximate surface area is 125 Å². The topological polar surface area (TPSA) is 63.2 Å². The van der Waals surface area contributed by atoms with E-state index in [1.54, 1.807) is 6.20 Å². The first-order chi connectivity index (χ1) is 10.1. The second-order valence-electron chi connectivity index (χ2n) is 5.76. The first kappa shape index (κ1) is 14.0. The van der Waals surface area contributed by atoms with Crippen molar-refractivity contribution in [1.29, 1.82) is 0 Å². The SMILES string of the molecule is CN1CCN(C)C(Cn2cncc2-c2cccnc2N)C1. The van der Waals surface area contributed by atoms with Crippen LogP contribution in [0, 0.1) is 0 Å². The van der Waals surface area contributed by atoms with E-state index in [1.807, 2.05) is 24.7 Å². The maximum atomic E-state index is 5.99. The Morgan fingerprint density at radius 1 is 1.33 bits per heavy atom. The second-order valence-corrected chi connectivity index (χ2v) is 5.76. The number of nitrogen functional groups attached to an aromatic ring is 1. The van der Waals surface area contributed by atoms with Gasteiger partial charge in [0.05, 0.1) is 18.2 Å². The van der Waals surface area contributed by atoms with Gasteiger partial charge in [0.15, 0.2) is 0 Å². The van der Waals surface area contributed by atoms with E-state index in [0.29, 0.717) is 11.9 Å². The molecule has 1 atom stereocenters. The van der Waals surface area contributed by atoms with Crippen molar-refractivity contribution in [3.8, 4) is 11.3 Å². The lowest BCUT2D eigenvalue weighted by atomic mass is 10.1. The number of nitrogens with zero attached hydrogens (tertiary/aromatic N) is 5. The molecule has 0 aliphatic carbocycles. The van der Waals surface area contributed by atoms with Crippen LogP contribution >= 0.6 is 0 Å². The number of piperazine rings is 1. The van der Waals surface area contributed by atoms with Gasteiger partial charge < -0.3 is 15.2 Å². The third-order valence-corrected chi connectivity index (χ3v) is 4.21. The molecule has 1 unspecified atom stereocenters. The van der Waals surface area contributed by atoms with E-state index in [0.717, 1.165) is 37.4 Å². The number of nitrogens with two attached hydrogens (primary N) is 1. The smallest absolute Gasteiger partial charge is 0.132 e. The molecule has 21 heavy (non-hydrogen) atoms. The van der Waals surface area contributed by atoms with E-state index in [9.17, 15) is 0 Å². The maximum Gasteiger partial charge on any atom is 0.132 e. The van der Waals surface area contributed by atoms with Crippen LogP contribution in [0.15, 0.2) is 30.9 Å². The summed E-state index contributed by atoms with van der Waals surface area (Å²) in [7, 11) is 4.36. The van der Waals surface area contributed by atoms with Gasteiger partial charge in [-0.3, -0.25) is 4.90 Å². The van der Waals surface area contributed by atoms with Gasteiger partial charge in [0.25, 0.3) is 0 Å². The van der Waals surface area contributed by atoms with Gasteiger partial charge in [-0.15, -0.1) is 0 Å². The third kappa shape index (κ3) is 2.91. The van der Waals surface area contributed by atoms with Gasteiger partial charge in [-0.1, -0.05) is 0 Å². The summed E-state index contributed by atoms with van der Waals surface area (Å²) < 4.78 is 2.17. The summed E-state index contributed by atoms with van der Waals surface area (Å²) in [5.74, 6) is 0.549. The van der Waals surface area contributed by atoms with E-state index in [1.165, 1.54) is 0 Å². The number of anilines is 1. The Morgan fingerprint density at radius 3 is 3.00 bits per heavy atom. The zero-order valence-electron chi connectivity index (χ0n) is 12.6. The van der Waals surface area contributed by atoms with Gasteiger partial charge >= 0.3 is 0 Å². The average molecular weight is 286 g/mol. The van der Waals surface area contributed by atoms with Crippen molar-refractivity contribution in [2.75, 3.05) is 39.5 Å². The monoisotopic (exact) mass is 286 g/mol. The van der Waals surface area contributed by atoms with Gasteiger partial charge in [0.1, 0.15) is 5.82 Å². The molecule has 3 rings (SSSR count). The molecular formula is C15H22N6. The van der Waals surface area contributed by atoms with E-state index >= 15 is 0 Å². The Kier molecular flexibility index (Phi) is 3.90.